The van der Waals surface area contributed by atoms with Crippen molar-refractivity contribution >= 4 is 33.3 Å². The molecule has 1 N–H and O–H groups in total. The van der Waals surface area contributed by atoms with E-state index in [-0.39, 0.29) is 23.3 Å². The molecule has 1 amide bonds. The molecule has 0 radical (unpaired) electrons. The molecule has 0 aliphatic rings. The number of rotatable bonds is 9. The van der Waals surface area contributed by atoms with E-state index in [0.29, 0.717) is 10.8 Å². The van der Waals surface area contributed by atoms with Crippen molar-refractivity contribution in [2.24, 2.45) is 5.10 Å². The van der Waals surface area contributed by atoms with Crippen LogP contribution >= 0.6 is 11.3 Å². The number of furan rings is 1. The number of nitrogens with one attached hydrogen (secondary N) is 1. The van der Waals surface area contributed by atoms with E-state index in [1.165, 1.54) is 17.9 Å². The summed E-state index contributed by atoms with van der Waals surface area (Å²) in [5, 5.41) is 5.74. The van der Waals surface area contributed by atoms with Crippen LogP contribution in [0, 0.1) is 0 Å². The van der Waals surface area contributed by atoms with E-state index in [0.717, 1.165) is 22.6 Å². The third kappa shape index (κ3) is 6.53. The van der Waals surface area contributed by atoms with Gasteiger partial charge in [-0.15, -0.1) is 11.3 Å². The number of benzene rings is 1. The Balaban J connectivity index is 1.54. The second-order valence-corrected chi connectivity index (χ2v) is 9.68. The number of ether oxygens (including phenoxy) is 1. The minimum absolute atomic E-state index is 0.0898. The van der Waals surface area contributed by atoms with E-state index < -0.39 is 15.7 Å². The summed E-state index contributed by atoms with van der Waals surface area (Å²) in [6.07, 6.45) is 3.01. The second-order valence-electron chi connectivity index (χ2n) is 6.67. The fraction of sp³-hybridized carbons (Fsp3) is 0.250. The molecule has 2 aromatic heterocycles. The van der Waals surface area contributed by atoms with Gasteiger partial charge in [0.1, 0.15) is 33.7 Å². The Kier molecular flexibility index (Phi) is 7.01. The number of hydrazone groups is 1. The zero-order valence-corrected chi connectivity index (χ0v) is 18.1. The molecule has 0 spiro atoms. The number of amides is 1. The molecule has 8 nitrogen and oxygen atoms in total. The summed E-state index contributed by atoms with van der Waals surface area (Å²) in [6.45, 7) is 3.90. The molecule has 0 saturated heterocycles. The highest BCUT2D eigenvalue weighted by molar-refractivity contribution is 7.89. The van der Waals surface area contributed by atoms with Crippen LogP contribution in [0.4, 0.5) is 0 Å². The first-order valence-corrected chi connectivity index (χ1v) is 11.8. The van der Waals surface area contributed by atoms with Gasteiger partial charge < -0.3 is 9.15 Å². The molecule has 0 atom stereocenters. The van der Waals surface area contributed by atoms with Gasteiger partial charge in [0, 0.05) is 5.38 Å². The highest BCUT2D eigenvalue weighted by Crippen LogP contribution is 2.17. The Morgan fingerprint density at radius 1 is 1.27 bits per heavy atom. The summed E-state index contributed by atoms with van der Waals surface area (Å²) in [5.74, 6) is 0.120. The van der Waals surface area contributed by atoms with Crippen molar-refractivity contribution in [2.45, 2.75) is 31.5 Å². The molecule has 3 rings (SSSR count). The Labute approximate surface area is 178 Å². The molecule has 0 fully saturated rings. The number of hydrogen-bond acceptors (Lipinski definition) is 8. The van der Waals surface area contributed by atoms with Crippen LogP contribution in [0.1, 0.15) is 40.7 Å². The van der Waals surface area contributed by atoms with Crippen LogP contribution in [0.2, 0.25) is 0 Å². The first kappa shape index (κ1) is 21.7. The fourth-order valence-corrected chi connectivity index (χ4v) is 4.97. The van der Waals surface area contributed by atoms with Crippen molar-refractivity contribution in [1.82, 2.24) is 10.4 Å². The minimum Gasteiger partial charge on any atom is -0.491 e. The number of sulfone groups is 1. The van der Waals surface area contributed by atoms with Crippen LogP contribution in [0.3, 0.4) is 0 Å². The summed E-state index contributed by atoms with van der Waals surface area (Å²) in [4.78, 5) is 16.3. The van der Waals surface area contributed by atoms with Crippen LogP contribution in [-0.2, 0) is 21.3 Å². The average Bonchev–Trinajstić information content (AvgIpc) is 3.34. The summed E-state index contributed by atoms with van der Waals surface area (Å²) in [6, 6.07) is 10.5. The summed E-state index contributed by atoms with van der Waals surface area (Å²) in [5.41, 5.74) is 3.28. The zero-order chi connectivity index (χ0) is 21.6. The van der Waals surface area contributed by atoms with E-state index in [1.54, 1.807) is 12.1 Å². The number of hydrogen-bond donors (Lipinski definition) is 1. The highest BCUT2D eigenvalue weighted by atomic mass is 32.2. The standard InChI is InChI=1S/C20H21N3O5S2/c1-14(2)28-16-7-5-15(6-8-16)10-21-23-20(24)18-11-29-19(22-18)13-30(25,26)12-17-4-3-9-27-17/h3-11,14H,12-13H2,1-2H3,(H,23,24)/b21-10+. The van der Waals surface area contributed by atoms with Crippen molar-refractivity contribution in [2.75, 3.05) is 0 Å². The maximum atomic E-state index is 12.2. The van der Waals surface area contributed by atoms with Gasteiger partial charge in [-0.25, -0.2) is 18.8 Å². The van der Waals surface area contributed by atoms with Gasteiger partial charge in [-0.1, -0.05) is 0 Å². The van der Waals surface area contributed by atoms with E-state index >= 15 is 0 Å². The topological polar surface area (TPSA) is 111 Å². The lowest BCUT2D eigenvalue weighted by Gasteiger charge is -2.09. The average molecular weight is 448 g/mol. The maximum Gasteiger partial charge on any atom is 0.290 e. The van der Waals surface area contributed by atoms with Gasteiger partial charge in [0.05, 0.1) is 18.6 Å². The van der Waals surface area contributed by atoms with E-state index in [4.69, 9.17) is 9.15 Å². The Bertz CT molecular complexity index is 1100. The zero-order valence-electron chi connectivity index (χ0n) is 16.4. The smallest absolute Gasteiger partial charge is 0.290 e. The van der Waals surface area contributed by atoms with Crippen LogP contribution in [0.15, 0.2) is 57.6 Å². The normalized spacial score (nSPS) is 11.8. The van der Waals surface area contributed by atoms with Crippen LogP contribution in [0.5, 0.6) is 5.75 Å². The molecule has 158 valence electrons. The predicted molar refractivity (Wildman–Crippen MR) is 114 cm³/mol. The van der Waals surface area contributed by atoms with Crippen LogP contribution in [0.25, 0.3) is 0 Å². The largest absolute Gasteiger partial charge is 0.491 e. The van der Waals surface area contributed by atoms with Gasteiger partial charge in [-0.05, 0) is 55.8 Å². The van der Waals surface area contributed by atoms with Gasteiger partial charge >= 0.3 is 0 Å². The molecule has 3 aromatic rings. The predicted octanol–water partition coefficient (Wildman–Crippen LogP) is 3.40. The van der Waals surface area contributed by atoms with Gasteiger partial charge in [0.15, 0.2) is 9.84 Å². The van der Waals surface area contributed by atoms with Gasteiger partial charge in [-0.2, -0.15) is 5.10 Å². The van der Waals surface area contributed by atoms with Gasteiger partial charge in [-0.3, -0.25) is 4.79 Å². The molecule has 30 heavy (non-hydrogen) atoms. The molecule has 0 aliphatic heterocycles. The second kappa shape index (κ2) is 9.68. The number of nitrogens with zero attached hydrogens (tertiary/aromatic N) is 2. The molecular weight excluding hydrogens is 426 g/mol. The molecule has 0 bridgehead atoms. The molecule has 0 saturated carbocycles. The van der Waals surface area contributed by atoms with Gasteiger partial charge in [0.2, 0.25) is 0 Å². The minimum atomic E-state index is -3.45. The first-order valence-electron chi connectivity index (χ1n) is 9.08. The van der Waals surface area contributed by atoms with Gasteiger partial charge in [0.25, 0.3) is 5.91 Å². The van der Waals surface area contributed by atoms with Crippen molar-refractivity contribution in [3.8, 4) is 5.75 Å². The van der Waals surface area contributed by atoms with Crippen LogP contribution < -0.4 is 10.2 Å². The third-order valence-electron chi connectivity index (χ3n) is 3.70. The van der Waals surface area contributed by atoms with Crippen molar-refractivity contribution in [1.29, 1.82) is 0 Å². The molecular formula is C20H21N3O5S2. The molecule has 0 unspecified atom stereocenters. The lowest BCUT2D eigenvalue weighted by Crippen LogP contribution is -2.18. The van der Waals surface area contributed by atoms with Crippen molar-refractivity contribution < 1.29 is 22.4 Å². The number of thiazole rings is 1. The monoisotopic (exact) mass is 447 g/mol. The summed E-state index contributed by atoms with van der Waals surface area (Å²) < 4.78 is 35.1. The lowest BCUT2D eigenvalue weighted by molar-refractivity contribution is 0.0950. The van der Waals surface area contributed by atoms with E-state index in [9.17, 15) is 13.2 Å². The summed E-state index contributed by atoms with van der Waals surface area (Å²) in [7, 11) is -3.45. The number of carbonyl (C=O) groups is 1. The summed E-state index contributed by atoms with van der Waals surface area (Å²) >= 11 is 1.11. The molecule has 1 aromatic carbocycles. The quantitative estimate of drug-likeness (QED) is 0.398. The third-order valence-corrected chi connectivity index (χ3v) is 6.17. The number of carbonyl (C=O) groups excluding carboxylic acids is 1. The molecule has 10 heteroatoms. The number of aromatic nitrogens is 1. The van der Waals surface area contributed by atoms with E-state index in [2.05, 4.69) is 15.5 Å². The Morgan fingerprint density at radius 3 is 2.70 bits per heavy atom. The first-order chi connectivity index (χ1) is 14.3. The van der Waals surface area contributed by atoms with Crippen molar-refractivity contribution in [3.63, 3.8) is 0 Å². The highest BCUT2D eigenvalue weighted by Gasteiger charge is 2.18. The maximum absolute atomic E-state index is 12.2. The van der Waals surface area contributed by atoms with Crippen molar-refractivity contribution in [3.05, 3.63) is 70.1 Å². The van der Waals surface area contributed by atoms with Crippen LogP contribution in [-0.4, -0.2) is 31.6 Å². The Morgan fingerprint density at radius 2 is 2.03 bits per heavy atom. The molecule has 2 heterocycles. The lowest BCUT2D eigenvalue weighted by atomic mass is 10.2. The Hall–Kier alpha value is -2.98. The SMILES string of the molecule is CC(C)Oc1ccc(/C=N/NC(=O)c2csc(CS(=O)(=O)Cc3ccco3)n2)cc1. The fourth-order valence-electron chi connectivity index (χ4n) is 2.46. The van der Waals surface area contributed by atoms with E-state index in [1.807, 2.05) is 38.1 Å². The molecule has 0 aliphatic carbocycles.